The van der Waals surface area contributed by atoms with Crippen LogP contribution in [-0.2, 0) is 4.74 Å². The number of aromatic nitrogens is 2. The van der Waals surface area contributed by atoms with E-state index in [2.05, 4.69) is 14.9 Å². The van der Waals surface area contributed by atoms with Crippen LogP contribution >= 0.6 is 22.6 Å². The van der Waals surface area contributed by atoms with Crippen molar-refractivity contribution in [2.45, 2.75) is 19.9 Å². The molecule has 1 aromatic heterocycles. The zero-order valence-corrected chi connectivity index (χ0v) is 11.8. The third-order valence-corrected chi connectivity index (χ3v) is 3.30. The SMILES string of the molecule is CCN(c1nc[nH]c(=O)c1I)C(C)COC. The first-order chi connectivity index (χ1) is 7.61. The Morgan fingerprint density at radius 1 is 1.69 bits per heavy atom. The molecule has 0 aliphatic rings. The van der Waals surface area contributed by atoms with Crippen LogP contribution in [0.3, 0.4) is 0 Å². The van der Waals surface area contributed by atoms with Crippen LogP contribution in [0.4, 0.5) is 5.82 Å². The molecule has 0 saturated heterocycles. The van der Waals surface area contributed by atoms with E-state index in [4.69, 9.17) is 4.74 Å². The normalized spacial score (nSPS) is 12.5. The number of likely N-dealkylation sites (N-methyl/N-ethyl adjacent to an activating group) is 1. The summed E-state index contributed by atoms with van der Waals surface area (Å²) in [5, 5.41) is 0. The van der Waals surface area contributed by atoms with E-state index < -0.39 is 0 Å². The van der Waals surface area contributed by atoms with Crippen LogP contribution in [0.2, 0.25) is 0 Å². The summed E-state index contributed by atoms with van der Waals surface area (Å²) in [6, 6.07) is 0.192. The lowest BCUT2D eigenvalue weighted by molar-refractivity contribution is 0.181. The molecule has 1 aromatic rings. The number of ether oxygens (including phenoxy) is 1. The Balaban J connectivity index is 3.04. The van der Waals surface area contributed by atoms with Gasteiger partial charge in [-0.15, -0.1) is 0 Å². The van der Waals surface area contributed by atoms with Crippen LogP contribution in [0.5, 0.6) is 0 Å². The monoisotopic (exact) mass is 337 g/mol. The molecule has 5 nitrogen and oxygen atoms in total. The van der Waals surface area contributed by atoms with E-state index in [-0.39, 0.29) is 11.6 Å². The van der Waals surface area contributed by atoms with Crippen molar-refractivity contribution in [1.82, 2.24) is 9.97 Å². The van der Waals surface area contributed by atoms with Gasteiger partial charge in [0.15, 0.2) is 0 Å². The van der Waals surface area contributed by atoms with Crippen LogP contribution < -0.4 is 10.5 Å². The van der Waals surface area contributed by atoms with Crippen LogP contribution in [-0.4, -0.2) is 36.3 Å². The lowest BCUT2D eigenvalue weighted by Crippen LogP contribution is -2.38. The first-order valence-electron chi connectivity index (χ1n) is 5.10. The zero-order valence-electron chi connectivity index (χ0n) is 9.66. The minimum atomic E-state index is -0.103. The number of methoxy groups -OCH3 is 1. The molecular weight excluding hydrogens is 321 g/mol. The van der Waals surface area contributed by atoms with E-state index in [0.29, 0.717) is 10.2 Å². The Labute approximate surface area is 108 Å². The van der Waals surface area contributed by atoms with Crippen molar-refractivity contribution in [3.8, 4) is 0 Å². The summed E-state index contributed by atoms with van der Waals surface area (Å²) >= 11 is 2.02. The lowest BCUT2D eigenvalue weighted by atomic mass is 10.3. The molecule has 6 heteroatoms. The number of halogens is 1. The maximum Gasteiger partial charge on any atom is 0.266 e. The highest BCUT2D eigenvalue weighted by atomic mass is 127. The molecule has 1 atom stereocenters. The molecule has 0 fully saturated rings. The summed E-state index contributed by atoms with van der Waals surface area (Å²) in [6.07, 6.45) is 1.43. The molecule has 0 radical (unpaired) electrons. The number of hydrogen-bond acceptors (Lipinski definition) is 4. The number of aromatic amines is 1. The number of nitrogens with zero attached hydrogens (tertiary/aromatic N) is 2. The molecule has 0 aromatic carbocycles. The minimum absolute atomic E-state index is 0.103. The van der Waals surface area contributed by atoms with Gasteiger partial charge in [-0.25, -0.2) is 4.98 Å². The number of anilines is 1. The molecule has 0 saturated carbocycles. The summed E-state index contributed by atoms with van der Waals surface area (Å²) in [5.74, 6) is 0.719. The second-order valence-corrected chi connectivity index (χ2v) is 4.54. The van der Waals surface area contributed by atoms with Gasteiger partial charge in [-0.3, -0.25) is 4.79 Å². The molecule has 16 heavy (non-hydrogen) atoms. The fraction of sp³-hybridized carbons (Fsp3) is 0.600. The molecule has 90 valence electrons. The minimum Gasteiger partial charge on any atom is -0.383 e. The van der Waals surface area contributed by atoms with Gasteiger partial charge < -0.3 is 14.6 Å². The molecule has 0 bridgehead atoms. The average Bonchev–Trinajstić information content (AvgIpc) is 2.25. The van der Waals surface area contributed by atoms with Gasteiger partial charge in [0, 0.05) is 13.7 Å². The first kappa shape index (κ1) is 13.4. The van der Waals surface area contributed by atoms with Crippen molar-refractivity contribution in [3.05, 3.63) is 20.3 Å². The smallest absolute Gasteiger partial charge is 0.266 e. The third-order valence-electron chi connectivity index (χ3n) is 2.33. The van der Waals surface area contributed by atoms with E-state index in [1.54, 1.807) is 7.11 Å². The van der Waals surface area contributed by atoms with Crippen molar-refractivity contribution in [2.75, 3.05) is 25.2 Å². The number of nitrogens with one attached hydrogen (secondary N) is 1. The van der Waals surface area contributed by atoms with E-state index in [9.17, 15) is 4.79 Å². The summed E-state index contributed by atoms with van der Waals surface area (Å²) in [7, 11) is 1.67. The van der Waals surface area contributed by atoms with Crippen molar-refractivity contribution < 1.29 is 4.74 Å². The molecular formula is C10H16IN3O2. The van der Waals surface area contributed by atoms with Crippen molar-refractivity contribution >= 4 is 28.4 Å². The van der Waals surface area contributed by atoms with Gasteiger partial charge in [0.25, 0.3) is 5.56 Å². The summed E-state index contributed by atoms with van der Waals surface area (Å²) in [5.41, 5.74) is -0.103. The molecule has 1 N–H and O–H groups in total. The maximum atomic E-state index is 11.5. The molecule has 0 spiro atoms. The van der Waals surface area contributed by atoms with Crippen LogP contribution in [0.1, 0.15) is 13.8 Å². The third kappa shape index (κ3) is 2.94. The predicted octanol–water partition coefficient (Wildman–Crippen LogP) is 1.24. The Kier molecular flexibility index (Phi) is 5.20. The molecule has 0 amide bonds. The van der Waals surface area contributed by atoms with E-state index >= 15 is 0 Å². The van der Waals surface area contributed by atoms with E-state index in [0.717, 1.165) is 12.4 Å². The Bertz CT molecular complexity index is 394. The maximum absolute atomic E-state index is 11.5. The highest BCUT2D eigenvalue weighted by Gasteiger charge is 2.17. The quantitative estimate of drug-likeness (QED) is 0.822. The van der Waals surface area contributed by atoms with E-state index in [1.165, 1.54) is 6.33 Å². The number of rotatable bonds is 5. The molecule has 0 aliphatic carbocycles. The molecule has 1 heterocycles. The van der Waals surface area contributed by atoms with Crippen LogP contribution in [0, 0.1) is 3.57 Å². The van der Waals surface area contributed by atoms with Gasteiger partial charge in [0.05, 0.1) is 19.0 Å². The summed E-state index contributed by atoms with van der Waals surface area (Å²) in [4.78, 5) is 20.3. The topological polar surface area (TPSA) is 58.2 Å². The van der Waals surface area contributed by atoms with Crippen molar-refractivity contribution in [1.29, 1.82) is 0 Å². The zero-order chi connectivity index (χ0) is 12.1. The van der Waals surface area contributed by atoms with Crippen molar-refractivity contribution in [3.63, 3.8) is 0 Å². The van der Waals surface area contributed by atoms with Crippen LogP contribution in [0.25, 0.3) is 0 Å². The fourth-order valence-electron chi connectivity index (χ4n) is 1.58. The summed E-state index contributed by atoms with van der Waals surface area (Å²) < 4.78 is 5.74. The highest BCUT2D eigenvalue weighted by Crippen LogP contribution is 2.17. The molecule has 0 aliphatic heterocycles. The van der Waals surface area contributed by atoms with Gasteiger partial charge in [-0.2, -0.15) is 0 Å². The Morgan fingerprint density at radius 2 is 2.38 bits per heavy atom. The van der Waals surface area contributed by atoms with E-state index in [1.807, 2.05) is 36.4 Å². The summed E-state index contributed by atoms with van der Waals surface area (Å²) in [6.45, 7) is 5.48. The second kappa shape index (κ2) is 6.19. The fourth-order valence-corrected chi connectivity index (χ4v) is 2.18. The van der Waals surface area contributed by atoms with Crippen molar-refractivity contribution in [2.24, 2.45) is 0 Å². The predicted molar refractivity (Wildman–Crippen MR) is 71.9 cm³/mol. The van der Waals surface area contributed by atoms with Gasteiger partial charge in [0.1, 0.15) is 9.39 Å². The van der Waals surface area contributed by atoms with Gasteiger partial charge >= 0.3 is 0 Å². The Morgan fingerprint density at radius 3 is 2.94 bits per heavy atom. The van der Waals surface area contributed by atoms with Crippen LogP contribution in [0.15, 0.2) is 11.1 Å². The molecule has 1 unspecified atom stereocenters. The molecule has 1 rings (SSSR count). The second-order valence-electron chi connectivity index (χ2n) is 3.46. The largest absolute Gasteiger partial charge is 0.383 e. The first-order valence-corrected chi connectivity index (χ1v) is 6.18. The number of hydrogen-bond donors (Lipinski definition) is 1. The Hall–Kier alpha value is -0.630. The standard InChI is InChI=1S/C10H16IN3O2/c1-4-14(7(2)5-16-3)9-8(11)10(15)13-6-12-9/h6-7H,4-5H2,1-3H3,(H,12,13,15). The average molecular weight is 337 g/mol. The number of H-pyrrole nitrogens is 1. The van der Waals surface area contributed by atoms with Gasteiger partial charge in [0.2, 0.25) is 0 Å². The van der Waals surface area contributed by atoms with Gasteiger partial charge in [-0.05, 0) is 36.4 Å². The van der Waals surface area contributed by atoms with Gasteiger partial charge in [-0.1, -0.05) is 0 Å². The highest BCUT2D eigenvalue weighted by molar-refractivity contribution is 14.1. The lowest BCUT2D eigenvalue weighted by Gasteiger charge is -2.28.